The van der Waals surface area contributed by atoms with Crippen LogP contribution in [-0.2, 0) is 16.4 Å². The third-order valence-corrected chi connectivity index (χ3v) is 6.56. The Bertz CT molecular complexity index is 961. The molecule has 26 heavy (non-hydrogen) atoms. The van der Waals surface area contributed by atoms with Crippen molar-refractivity contribution in [1.82, 2.24) is 5.16 Å². The first-order valence-electron chi connectivity index (χ1n) is 7.98. The van der Waals surface area contributed by atoms with E-state index >= 15 is 0 Å². The molecule has 0 aliphatic rings. The van der Waals surface area contributed by atoms with Gasteiger partial charge in [-0.2, -0.15) is 0 Å². The number of nitrogens with one attached hydrogen (secondary N) is 1. The molecule has 0 amide bonds. The van der Waals surface area contributed by atoms with E-state index in [4.69, 9.17) is 16.1 Å². The van der Waals surface area contributed by atoms with Crippen LogP contribution in [0, 0.1) is 20.8 Å². The van der Waals surface area contributed by atoms with Gasteiger partial charge in [0, 0.05) is 4.88 Å². The number of halogens is 1. The van der Waals surface area contributed by atoms with Gasteiger partial charge in [0.1, 0.15) is 15.6 Å². The molecule has 0 unspecified atom stereocenters. The highest BCUT2D eigenvalue weighted by molar-refractivity contribution is 7.93. The number of hydrogen-bond acceptors (Lipinski definition) is 5. The quantitative estimate of drug-likeness (QED) is 0.625. The van der Waals surface area contributed by atoms with Crippen LogP contribution in [0.3, 0.4) is 0 Å². The highest BCUT2D eigenvalue weighted by Gasteiger charge is 2.23. The van der Waals surface area contributed by atoms with E-state index in [0.717, 1.165) is 4.88 Å². The predicted molar refractivity (Wildman–Crippen MR) is 107 cm³/mol. The van der Waals surface area contributed by atoms with Crippen molar-refractivity contribution < 1.29 is 12.9 Å². The van der Waals surface area contributed by atoms with Gasteiger partial charge in [0.2, 0.25) is 0 Å². The van der Waals surface area contributed by atoms with Gasteiger partial charge in [-0.3, -0.25) is 0 Å². The van der Waals surface area contributed by atoms with Crippen molar-refractivity contribution in [2.24, 2.45) is 0 Å². The van der Waals surface area contributed by atoms with Crippen LogP contribution in [0.4, 0.5) is 5.88 Å². The summed E-state index contributed by atoms with van der Waals surface area (Å²) in [7, 11) is -3.68. The van der Waals surface area contributed by atoms with Gasteiger partial charge in [0.05, 0.1) is 0 Å². The van der Waals surface area contributed by atoms with Gasteiger partial charge < -0.3 is 4.52 Å². The van der Waals surface area contributed by atoms with Crippen molar-refractivity contribution in [3.05, 3.63) is 62.4 Å². The second-order valence-corrected chi connectivity index (χ2v) is 8.77. The minimum Gasteiger partial charge on any atom is -0.336 e. The van der Waals surface area contributed by atoms with Gasteiger partial charge in [-0.25, -0.2) is 13.1 Å². The first kappa shape index (κ1) is 20.5. The average molecular weight is 413 g/mol. The molecule has 0 fully saturated rings. The summed E-state index contributed by atoms with van der Waals surface area (Å²) in [6.07, 6.45) is 0.650. The lowest BCUT2D eigenvalue weighted by molar-refractivity contribution is 0.430. The number of hydrogen-bond donors (Lipinski definition) is 1. The van der Waals surface area contributed by atoms with Crippen LogP contribution in [0.15, 0.2) is 45.1 Å². The third kappa shape index (κ3) is 5.09. The Kier molecular flexibility index (Phi) is 6.86. The predicted octanol–water partition coefficient (Wildman–Crippen LogP) is 5.36. The molecule has 140 valence electrons. The Labute approximate surface area is 163 Å². The van der Waals surface area contributed by atoms with Crippen LogP contribution in [0.2, 0.25) is 5.02 Å². The van der Waals surface area contributed by atoms with Crippen LogP contribution in [-0.4, -0.2) is 13.6 Å². The zero-order chi connectivity index (χ0) is 19.3. The number of thiophene rings is 1. The van der Waals surface area contributed by atoms with Crippen molar-refractivity contribution in [3.8, 4) is 0 Å². The number of benzene rings is 1. The molecule has 3 rings (SSSR count). The number of nitrogens with zero attached hydrogens (tertiary/aromatic N) is 1. The Hall–Kier alpha value is -1.83. The maximum atomic E-state index is 12.2. The highest BCUT2D eigenvalue weighted by atomic mass is 35.5. The summed E-state index contributed by atoms with van der Waals surface area (Å²) < 4.78 is 31.4. The molecule has 3 aromatic rings. The second kappa shape index (κ2) is 8.70. The van der Waals surface area contributed by atoms with Crippen LogP contribution in [0.5, 0.6) is 0 Å². The van der Waals surface area contributed by atoms with E-state index in [1.165, 1.54) is 22.5 Å². The monoisotopic (exact) mass is 412 g/mol. The molecular weight excluding hydrogens is 392 g/mol. The van der Waals surface area contributed by atoms with E-state index in [9.17, 15) is 8.42 Å². The Morgan fingerprint density at radius 1 is 1.19 bits per heavy atom. The lowest BCUT2D eigenvalue weighted by Crippen LogP contribution is -2.13. The topological polar surface area (TPSA) is 72.2 Å². The van der Waals surface area contributed by atoms with Gasteiger partial charge in [-0.15, -0.1) is 11.3 Å². The van der Waals surface area contributed by atoms with E-state index < -0.39 is 10.0 Å². The fourth-order valence-electron chi connectivity index (χ4n) is 2.23. The second-order valence-electron chi connectivity index (χ2n) is 5.74. The minimum absolute atomic E-state index is 0.0533. The molecule has 0 atom stereocenters. The maximum Gasteiger partial charge on any atom is 0.265 e. The first-order chi connectivity index (χ1) is 12.2. The van der Waals surface area contributed by atoms with Gasteiger partial charge in [0.15, 0.2) is 0 Å². The Morgan fingerprint density at radius 3 is 2.31 bits per heavy atom. The van der Waals surface area contributed by atoms with Crippen molar-refractivity contribution in [2.75, 3.05) is 4.72 Å². The molecule has 0 bridgehead atoms. The maximum absolute atomic E-state index is 12.2. The van der Waals surface area contributed by atoms with Crippen LogP contribution < -0.4 is 4.72 Å². The fraction of sp³-hybridized carbons (Fsp3) is 0.278. The normalized spacial score (nSPS) is 11.0. The van der Waals surface area contributed by atoms with Gasteiger partial charge in [-0.05, 0) is 38.6 Å². The minimum atomic E-state index is -3.68. The number of aryl methyl sites for hydroxylation is 4. The van der Waals surface area contributed by atoms with E-state index in [2.05, 4.69) is 48.0 Å². The zero-order valence-corrected chi connectivity index (χ0v) is 17.4. The molecule has 0 saturated heterocycles. The lowest BCUT2D eigenvalue weighted by atomic mass is 10.2. The number of sulfonamides is 1. The van der Waals surface area contributed by atoms with Gasteiger partial charge >= 0.3 is 0 Å². The highest BCUT2D eigenvalue weighted by Crippen LogP contribution is 2.29. The first-order valence-corrected chi connectivity index (χ1v) is 10.7. The third-order valence-electron chi connectivity index (χ3n) is 3.51. The molecule has 2 aromatic heterocycles. The van der Waals surface area contributed by atoms with Crippen molar-refractivity contribution >= 4 is 38.8 Å². The summed E-state index contributed by atoms with van der Waals surface area (Å²) in [5.74, 6) is -0.0533. The van der Waals surface area contributed by atoms with Crippen LogP contribution >= 0.6 is 22.9 Å². The summed E-state index contributed by atoms with van der Waals surface area (Å²) in [6, 6.07) is 10.0. The molecule has 8 heteroatoms. The molecule has 0 saturated carbocycles. The Morgan fingerprint density at radius 2 is 1.85 bits per heavy atom. The molecule has 1 N–H and O–H groups in total. The molecule has 1 aromatic carbocycles. The SMILES string of the molecule is CCc1sccc1S(=O)(=O)Nc1onc(C)c1Cl.Cc1cccc(C)c1. The van der Waals surface area contributed by atoms with E-state index in [0.29, 0.717) is 12.1 Å². The Balaban J connectivity index is 0.000000254. The van der Waals surface area contributed by atoms with E-state index in [1.54, 1.807) is 18.4 Å². The summed E-state index contributed by atoms with van der Waals surface area (Å²) in [5.41, 5.74) is 3.12. The average Bonchev–Trinajstić information content (AvgIpc) is 3.18. The van der Waals surface area contributed by atoms with Gasteiger partial charge in [0.25, 0.3) is 15.9 Å². The van der Waals surface area contributed by atoms with E-state index in [-0.39, 0.29) is 15.8 Å². The van der Waals surface area contributed by atoms with Crippen LogP contribution in [0.25, 0.3) is 0 Å². The largest absolute Gasteiger partial charge is 0.336 e. The molecule has 5 nitrogen and oxygen atoms in total. The summed E-state index contributed by atoms with van der Waals surface area (Å²) in [5, 5.41) is 5.50. The summed E-state index contributed by atoms with van der Waals surface area (Å²) in [4.78, 5) is 1.04. The zero-order valence-electron chi connectivity index (χ0n) is 15.0. The number of rotatable bonds is 4. The molecule has 0 radical (unpaired) electrons. The van der Waals surface area contributed by atoms with E-state index in [1.807, 2.05) is 6.92 Å². The molecule has 0 aliphatic carbocycles. The molecular formula is C18H21ClN2O3S2. The molecule has 0 spiro atoms. The fourth-order valence-corrected chi connectivity index (χ4v) is 4.87. The van der Waals surface area contributed by atoms with Gasteiger partial charge in [-0.1, -0.05) is 59.1 Å². The van der Waals surface area contributed by atoms with Crippen molar-refractivity contribution in [3.63, 3.8) is 0 Å². The van der Waals surface area contributed by atoms with Crippen LogP contribution in [0.1, 0.15) is 28.6 Å². The number of aromatic nitrogens is 1. The summed E-state index contributed by atoms with van der Waals surface area (Å²) in [6.45, 7) is 7.74. The molecule has 0 aliphatic heterocycles. The molecule has 2 heterocycles. The lowest BCUT2D eigenvalue weighted by Gasteiger charge is -2.05. The number of anilines is 1. The summed E-state index contributed by atoms with van der Waals surface area (Å²) >= 11 is 7.27. The van der Waals surface area contributed by atoms with Crippen molar-refractivity contribution in [2.45, 2.75) is 39.0 Å². The smallest absolute Gasteiger partial charge is 0.265 e. The standard InChI is InChI=1S/C10H11ClN2O3S2.C8H10/c1-3-7-8(4-5-17-7)18(14,15)13-10-9(11)6(2)12-16-10;1-7-4-3-5-8(2)6-7/h4-5,13H,3H2,1-2H3;3-6H,1-2H3. The van der Waals surface area contributed by atoms with Crippen molar-refractivity contribution in [1.29, 1.82) is 0 Å².